The van der Waals surface area contributed by atoms with Crippen molar-refractivity contribution in [2.24, 2.45) is 0 Å². The van der Waals surface area contributed by atoms with Crippen LogP contribution in [0.15, 0.2) is 30.6 Å². The first-order valence-electron chi connectivity index (χ1n) is 6.04. The second kappa shape index (κ2) is 5.52. The maximum Gasteiger partial charge on any atom is 0.282 e. The number of carbonyl (C=O) groups is 1. The summed E-state index contributed by atoms with van der Waals surface area (Å²) in [5.41, 5.74) is 0.625. The van der Waals surface area contributed by atoms with Gasteiger partial charge in [0.25, 0.3) is 11.6 Å². The average molecular weight is 274 g/mol. The highest BCUT2D eigenvalue weighted by Crippen LogP contribution is 2.20. The first-order chi connectivity index (χ1) is 9.49. The van der Waals surface area contributed by atoms with E-state index < -0.39 is 10.8 Å². The highest BCUT2D eigenvalue weighted by atomic mass is 16.6. The average Bonchev–Trinajstić information content (AvgIpc) is 2.92. The smallest absolute Gasteiger partial charge is 0.282 e. The van der Waals surface area contributed by atoms with Crippen molar-refractivity contribution in [1.82, 2.24) is 15.3 Å². The molecule has 2 N–H and O–H groups in total. The van der Waals surface area contributed by atoms with Crippen LogP contribution in [0, 0.1) is 17.0 Å². The van der Waals surface area contributed by atoms with Crippen LogP contribution in [0.5, 0.6) is 0 Å². The topological polar surface area (TPSA) is 101 Å². The van der Waals surface area contributed by atoms with Gasteiger partial charge in [0.05, 0.1) is 11.0 Å². The molecule has 1 atom stereocenters. The third kappa shape index (κ3) is 2.82. The highest BCUT2D eigenvalue weighted by Gasteiger charge is 2.22. The number of nitrogens with zero attached hydrogens (tertiary/aromatic N) is 2. The van der Waals surface area contributed by atoms with Gasteiger partial charge in [0.2, 0.25) is 0 Å². The first kappa shape index (κ1) is 13.7. The van der Waals surface area contributed by atoms with Crippen LogP contribution < -0.4 is 5.32 Å². The van der Waals surface area contributed by atoms with Crippen LogP contribution in [-0.4, -0.2) is 20.8 Å². The van der Waals surface area contributed by atoms with Crippen molar-refractivity contribution in [1.29, 1.82) is 0 Å². The number of hydrogen-bond acceptors (Lipinski definition) is 4. The van der Waals surface area contributed by atoms with E-state index in [1.807, 2.05) is 0 Å². The van der Waals surface area contributed by atoms with E-state index in [1.165, 1.54) is 12.1 Å². The van der Waals surface area contributed by atoms with Gasteiger partial charge in [-0.05, 0) is 25.5 Å². The summed E-state index contributed by atoms with van der Waals surface area (Å²) in [6, 6.07) is 4.08. The molecule has 104 valence electrons. The molecule has 2 aromatic rings. The molecule has 0 saturated heterocycles. The summed E-state index contributed by atoms with van der Waals surface area (Å²) >= 11 is 0. The lowest BCUT2D eigenvalue weighted by Crippen LogP contribution is -2.28. The minimum absolute atomic E-state index is 0.0495. The number of imidazole rings is 1. The molecule has 1 aromatic heterocycles. The Hall–Kier alpha value is -2.70. The highest BCUT2D eigenvalue weighted by molar-refractivity contribution is 5.98. The summed E-state index contributed by atoms with van der Waals surface area (Å²) in [5.74, 6) is 0.0953. The number of nitrogens with one attached hydrogen (secondary N) is 2. The molecule has 1 heterocycles. The molecule has 1 aromatic carbocycles. The number of hydrogen-bond donors (Lipinski definition) is 2. The largest absolute Gasteiger partial charge is 0.347 e. The molecule has 0 aliphatic heterocycles. The number of aromatic nitrogens is 2. The first-order valence-corrected chi connectivity index (χ1v) is 6.04. The van der Waals surface area contributed by atoms with E-state index in [9.17, 15) is 14.9 Å². The predicted molar refractivity (Wildman–Crippen MR) is 72.3 cm³/mol. The standard InChI is InChI=1S/C13H14N4O3/c1-8-3-4-11(17(19)20)10(7-8)13(18)16-9(2)12-14-5-6-15-12/h3-7,9H,1-2H3,(H,14,15)(H,16,18). The molecule has 0 aliphatic carbocycles. The molecular formula is C13H14N4O3. The van der Waals surface area contributed by atoms with Gasteiger partial charge in [-0.3, -0.25) is 14.9 Å². The molecule has 0 bridgehead atoms. The van der Waals surface area contributed by atoms with Crippen LogP contribution in [0.4, 0.5) is 5.69 Å². The zero-order valence-corrected chi connectivity index (χ0v) is 11.1. The van der Waals surface area contributed by atoms with Crippen LogP contribution in [0.3, 0.4) is 0 Å². The zero-order chi connectivity index (χ0) is 14.7. The van der Waals surface area contributed by atoms with Crippen molar-refractivity contribution in [3.05, 3.63) is 57.7 Å². The van der Waals surface area contributed by atoms with Gasteiger partial charge in [0.15, 0.2) is 0 Å². The van der Waals surface area contributed by atoms with Gasteiger partial charge in [-0.25, -0.2) is 4.98 Å². The van der Waals surface area contributed by atoms with Crippen molar-refractivity contribution < 1.29 is 9.72 Å². The number of aryl methyl sites for hydroxylation is 1. The number of benzene rings is 1. The molecule has 20 heavy (non-hydrogen) atoms. The van der Waals surface area contributed by atoms with Gasteiger partial charge in [-0.15, -0.1) is 0 Å². The lowest BCUT2D eigenvalue weighted by atomic mass is 10.1. The maximum atomic E-state index is 12.2. The molecule has 7 nitrogen and oxygen atoms in total. The van der Waals surface area contributed by atoms with Crippen molar-refractivity contribution >= 4 is 11.6 Å². The van der Waals surface area contributed by atoms with Crippen LogP contribution >= 0.6 is 0 Å². The number of nitro benzene ring substituents is 1. The third-order valence-electron chi connectivity index (χ3n) is 2.87. The number of rotatable bonds is 4. The fourth-order valence-corrected chi connectivity index (χ4v) is 1.85. The van der Waals surface area contributed by atoms with E-state index in [4.69, 9.17) is 0 Å². The van der Waals surface area contributed by atoms with E-state index in [0.717, 1.165) is 5.56 Å². The van der Waals surface area contributed by atoms with Crippen molar-refractivity contribution in [3.63, 3.8) is 0 Å². The summed E-state index contributed by atoms with van der Waals surface area (Å²) in [4.78, 5) is 29.5. The van der Waals surface area contributed by atoms with Crippen molar-refractivity contribution in [3.8, 4) is 0 Å². The minimum Gasteiger partial charge on any atom is -0.347 e. The molecule has 1 amide bonds. The van der Waals surface area contributed by atoms with Crippen molar-refractivity contribution in [2.75, 3.05) is 0 Å². The summed E-state index contributed by atoms with van der Waals surface area (Å²) < 4.78 is 0. The Morgan fingerprint density at radius 3 is 2.85 bits per heavy atom. The molecule has 1 unspecified atom stereocenters. The SMILES string of the molecule is Cc1ccc([N+](=O)[O-])c(C(=O)NC(C)c2ncc[nH]2)c1. The second-order valence-electron chi connectivity index (χ2n) is 4.45. The molecule has 0 fully saturated rings. The number of amides is 1. The van der Waals surface area contributed by atoms with Gasteiger partial charge in [-0.1, -0.05) is 6.07 Å². The number of carbonyl (C=O) groups excluding carboxylic acids is 1. The predicted octanol–water partition coefficient (Wildman–Crippen LogP) is 2.12. The summed E-state index contributed by atoms with van der Waals surface area (Å²) in [5, 5.41) is 13.6. The Kier molecular flexibility index (Phi) is 3.79. The quantitative estimate of drug-likeness (QED) is 0.658. The second-order valence-corrected chi connectivity index (χ2v) is 4.45. The molecule has 0 radical (unpaired) electrons. The Bertz CT molecular complexity index is 637. The molecule has 2 rings (SSSR count). The summed E-state index contributed by atoms with van der Waals surface area (Å²) in [6.07, 6.45) is 3.22. The van der Waals surface area contributed by atoms with Crippen LogP contribution in [-0.2, 0) is 0 Å². The zero-order valence-electron chi connectivity index (χ0n) is 11.1. The third-order valence-corrected chi connectivity index (χ3v) is 2.87. The Morgan fingerprint density at radius 2 is 2.25 bits per heavy atom. The van der Waals surface area contributed by atoms with Gasteiger partial charge in [-0.2, -0.15) is 0 Å². The van der Waals surface area contributed by atoms with Crippen LogP contribution in [0.2, 0.25) is 0 Å². The molecular weight excluding hydrogens is 260 g/mol. The Morgan fingerprint density at radius 1 is 1.50 bits per heavy atom. The summed E-state index contributed by atoms with van der Waals surface area (Å²) in [7, 11) is 0. The molecule has 0 spiro atoms. The summed E-state index contributed by atoms with van der Waals surface area (Å²) in [6.45, 7) is 3.52. The van der Waals surface area contributed by atoms with E-state index in [2.05, 4.69) is 15.3 Å². The fourth-order valence-electron chi connectivity index (χ4n) is 1.85. The van der Waals surface area contributed by atoms with Gasteiger partial charge < -0.3 is 10.3 Å². The van der Waals surface area contributed by atoms with Gasteiger partial charge in [0, 0.05) is 18.5 Å². The monoisotopic (exact) mass is 274 g/mol. The Labute approximate surface area is 115 Å². The van der Waals surface area contributed by atoms with E-state index >= 15 is 0 Å². The fraction of sp³-hybridized carbons (Fsp3) is 0.231. The van der Waals surface area contributed by atoms with Crippen molar-refractivity contribution in [2.45, 2.75) is 19.9 Å². The molecule has 0 aliphatic rings. The molecule has 0 saturated carbocycles. The molecule has 7 heteroatoms. The minimum atomic E-state index is -0.564. The number of nitro groups is 1. The lowest BCUT2D eigenvalue weighted by molar-refractivity contribution is -0.385. The van der Waals surface area contributed by atoms with Gasteiger partial charge >= 0.3 is 0 Å². The normalized spacial score (nSPS) is 11.9. The number of aromatic amines is 1. The van der Waals surface area contributed by atoms with Gasteiger partial charge in [0.1, 0.15) is 11.4 Å². The Balaban J connectivity index is 2.25. The van der Waals surface area contributed by atoms with Crippen LogP contribution in [0.25, 0.3) is 0 Å². The maximum absolute atomic E-state index is 12.2. The van der Waals surface area contributed by atoms with Crippen LogP contribution in [0.1, 0.15) is 34.7 Å². The van der Waals surface area contributed by atoms with E-state index in [0.29, 0.717) is 5.82 Å². The van der Waals surface area contributed by atoms with E-state index in [-0.39, 0.29) is 17.3 Å². The van der Waals surface area contributed by atoms with E-state index in [1.54, 1.807) is 32.3 Å². The number of H-pyrrole nitrogens is 1. The lowest BCUT2D eigenvalue weighted by Gasteiger charge is -2.12.